The monoisotopic (exact) mass is 632 g/mol. The van der Waals surface area contributed by atoms with Crippen molar-refractivity contribution in [3.05, 3.63) is 58.8 Å². The summed E-state index contributed by atoms with van der Waals surface area (Å²) in [5.74, 6) is -0.0487. The van der Waals surface area contributed by atoms with Crippen LogP contribution in [0, 0.1) is 0 Å². The highest BCUT2D eigenvalue weighted by Gasteiger charge is 2.07. The number of nitrogens with one attached hydrogen (secondary N) is 2. The lowest BCUT2D eigenvalue weighted by molar-refractivity contribution is -0.117. The van der Waals surface area contributed by atoms with Crippen molar-refractivity contribution in [2.45, 2.75) is 168 Å². The first-order valence-corrected chi connectivity index (χ1v) is 18.9. The predicted molar refractivity (Wildman–Crippen MR) is 198 cm³/mol. The highest BCUT2D eigenvalue weighted by atomic mass is 16.2. The smallest absolute Gasteiger partial charge is 0.224 e. The van der Waals surface area contributed by atoms with Gasteiger partial charge in [0.2, 0.25) is 17.2 Å². The van der Waals surface area contributed by atoms with E-state index in [-0.39, 0.29) is 17.2 Å². The van der Waals surface area contributed by atoms with Crippen molar-refractivity contribution >= 4 is 23.2 Å². The van der Waals surface area contributed by atoms with Crippen LogP contribution in [-0.4, -0.2) is 11.8 Å². The van der Waals surface area contributed by atoms with E-state index in [1.54, 1.807) is 12.1 Å². The van der Waals surface area contributed by atoms with Gasteiger partial charge in [0.15, 0.2) is 0 Å². The van der Waals surface area contributed by atoms with Crippen LogP contribution in [0.3, 0.4) is 0 Å². The molecule has 0 atom stereocenters. The second-order valence-electron chi connectivity index (χ2n) is 13.1. The van der Waals surface area contributed by atoms with Crippen molar-refractivity contribution in [2.24, 2.45) is 0 Å². The second-order valence-corrected chi connectivity index (χ2v) is 13.1. The Hall–Kier alpha value is -2.95. The summed E-state index contributed by atoms with van der Waals surface area (Å²) in [4.78, 5) is 37.5. The molecular weight excluding hydrogens is 568 g/mol. The van der Waals surface area contributed by atoms with Crippen LogP contribution in [0.2, 0.25) is 0 Å². The highest BCUT2D eigenvalue weighted by molar-refractivity contribution is 5.91. The molecule has 0 aliphatic carbocycles. The van der Waals surface area contributed by atoms with Gasteiger partial charge in [-0.05, 0) is 48.2 Å². The molecule has 5 heteroatoms. The predicted octanol–water partition coefficient (Wildman–Crippen LogP) is 12.0. The summed E-state index contributed by atoms with van der Waals surface area (Å²) in [5, 5.41) is 5.82. The van der Waals surface area contributed by atoms with Crippen molar-refractivity contribution in [1.82, 2.24) is 0 Å². The first-order valence-electron chi connectivity index (χ1n) is 18.9. The minimum absolute atomic E-state index is 0.0562. The Morgan fingerprint density at radius 3 is 1.22 bits per heavy atom. The van der Waals surface area contributed by atoms with E-state index in [1.807, 2.05) is 30.3 Å². The summed E-state index contributed by atoms with van der Waals surface area (Å²) < 4.78 is 0. The third-order valence-corrected chi connectivity index (χ3v) is 8.90. The molecule has 2 aromatic carbocycles. The van der Waals surface area contributed by atoms with E-state index in [0.29, 0.717) is 18.5 Å². The van der Waals surface area contributed by atoms with Crippen LogP contribution < -0.4 is 16.1 Å². The zero-order valence-corrected chi connectivity index (χ0v) is 29.3. The van der Waals surface area contributed by atoms with Crippen molar-refractivity contribution in [2.75, 3.05) is 10.6 Å². The van der Waals surface area contributed by atoms with Crippen molar-refractivity contribution in [3.63, 3.8) is 0 Å². The third kappa shape index (κ3) is 18.9. The number of carbonyl (C=O) groups is 2. The quantitative estimate of drug-likeness (QED) is 0.0962. The maximum Gasteiger partial charge on any atom is 0.224 e. The summed E-state index contributed by atoms with van der Waals surface area (Å²) in [6.45, 7) is 4.50. The van der Waals surface area contributed by atoms with Gasteiger partial charge in [0.05, 0.1) is 5.69 Å². The number of unbranched alkanes of at least 4 members (excludes halogenated alkanes) is 20. The van der Waals surface area contributed by atoms with Crippen LogP contribution >= 0.6 is 0 Å². The van der Waals surface area contributed by atoms with E-state index in [9.17, 15) is 14.4 Å². The van der Waals surface area contributed by atoms with E-state index in [1.165, 1.54) is 115 Å². The molecule has 2 rings (SSSR count). The molecule has 5 nitrogen and oxygen atoms in total. The normalized spacial score (nSPS) is 11.0. The molecule has 0 saturated heterocycles. The van der Waals surface area contributed by atoms with Gasteiger partial charge in [0, 0.05) is 18.5 Å². The first kappa shape index (κ1) is 39.2. The Morgan fingerprint density at radius 2 is 0.783 bits per heavy atom. The van der Waals surface area contributed by atoms with Gasteiger partial charge in [-0.15, -0.1) is 0 Å². The molecule has 0 aliphatic heterocycles. The van der Waals surface area contributed by atoms with E-state index in [2.05, 4.69) is 24.5 Å². The lowest BCUT2D eigenvalue weighted by Gasteiger charge is -2.07. The zero-order chi connectivity index (χ0) is 33.1. The third-order valence-electron chi connectivity index (χ3n) is 8.90. The Balaban J connectivity index is 1.63. The van der Waals surface area contributed by atoms with Gasteiger partial charge in [-0.2, -0.15) is 0 Å². The van der Waals surface area contributed by atoms with Crippen molar-refractivity contribution in [1.29, 1.82) is 0 Å². The topological polar surface area (TPSA) is 75.3 Å². The summed E-state index contributed by atoms with van der Waals surface area (Å²) in [5.41, 5.74) is 2.70. The highest BCUT2D eigenvalue weighted by Crippen LogP contribution is 2.22. The van der Waals surface area contributed by atoms with E-state index in [4.69, 9.17) is 0 Å². The molecular formula is C41H64N2O3. The minimum Gasteiger partial charge on any atom is -0.326 e. The molecule has 2 amide bonds. The molecule has 0 spiro atoms. The van der Waals surface area contributed by atoms with Gasteiger partial charge in [-0.3, -0.25) is 14.4 Å². The lowest BCUT2D eigenvalue weighted by Crippen LogP contribution is -2.16. The Bertz CT molecular complexity index is 1140. The minimum atomic E-state index is -0.205. The van der Waals surface area contributed by atoms with Crippen LogP contribution in [0.5, 0.6) is 0 Å². The molecule has 0 heterocycles. The van der Waals surface area contributed by atoms with Gasteiger partial charge in [-0.25, -0.2) is 0 Å². The maximum atomic E-state index is 12.6. The molecule has 0 fully saturated rings. The molecule has 0 radical (unpaired) electrons. The number of carbonyl (C=O) groups excluding carboxylic acids is 2. The Morgan fingerprint density at radius 1 is 0.435 bits per heavy atom. The molecule has 0 aliphatic rings. The molecule has 0 bridgehead atoms. The second kappa shape index (κ2) is 26.2. The number of hydrogen-bond donors (Lipinski definition) is 2. The van der Waals surface area contributed by atoms with Crippen LogP contribution in [0.15, 0.2) is 53.3 Å². The summed E-state index contributed by atoms with van der Waals surface area (Å²) in [7, 11) is 0. The van der Waals surface area contributed by atoms with Crippen molar-refractivity contribution in [3.8, 4) is 11.1 Å². The Kier molecular flexibility index (Phi) is 22.3. The first-order chi connectivity index (χ1) is 22.5. The SMILES string of the molecule is CCCCCCCCCCCCCCCC(=O)Nc1ccc(-c2ccc(NC(=O)CCCCCCCCCCC)c(=O)cc2)cc1. The fourth-order valence-corrected chi connectivity index (χ4v) is 5.94. The largest absolute Gasteiger partial charge is 0.326 e. The van der Waals surface area contributed by atoms with Crippen molar-refractivity contribution < 1.29 is 9.59 Å². The lowest BCUT2D eigenvalue weighted by atomic mass is 10.0. The molecule has 46 heavy (non-hydrogen) atoms. The summed E-state index contributed by atoms with van der Waals surface area (Å²) in [6.07, 6.45) is 28.6. The number of rotatable bonds is 27. The number of benzene rings is 1. The number of amides is 2. The summed E-state index contributed by atoms with van der Waals surface area (Å²) in [6, 6.07) is 14.5. The molecule has 0 saturated carbocycles. The van der Waals surface area contributed by atoms with Gasteiger partial charge in [0.25, 0.3) is 0 Å². The molecule has 0 unspecified atom stereocenters. The van der Waals surface area contributed by atoms with E-state index in [0.717, 1.165) is 48.9 Å². The average Bonchev–Trinajstić information content (AvgIpc) is 3.23. The standard InChI is InChI=1S/C41H64N2O3/c1-3-5-7-9-11-13-14-15-16-18-20-21-23-25-40(45)42-37-31-27-35(28-32-37)36-29-33-38(39(44)34-30-36)43-41(46)26-24-22-19-17-12-10-8-6-4-2/h27-34H,3-26H2,1-2H3,(H,42,45)(H,43,44,46). The van der Waals surface area contributed by atoms with Crippen LogP contribution in [-0.2, 0) is 9.59 Å². The van der Waals surface area contributed by atoms with Gasteiger partial charge in [-0.1, -0.05) is 167 Å². The number of hydrogen-bond acceptors (Lipinski definition) is 3. The molecule has 256 valence electrons. The summed E-state index contributed by atoms with van der Waals surface area (Å²) >= 11 is 0. The van der Waals surface area contributed by atoms with Crippen LogP contribution in [0.25, 0.3) is 11.1 Å². The molecule has 0 aromatic heterocycles. The number of anilines is 2. The molecule has 2 aromatic rings. The fraction of sp³-hybridized carbons (Fsp3) is 0.634. The molecule has 2 N–H and O–H groups in total. The van der Waals surface area contributed by atoms with Crippen LogP contribution in [0.4, 0.5) is 11.4 Å². The fourth-order valence-electron chi connectivity index (χ4n) is 5.94. The maximum absolute atomic E-state index is 12.6. The average molecular weight is 633 g/mol. The zero-order valence-electron chi connectivity index (χ0n) is 29.3. The van der Waals surface area contributed by atoms with E-state index >= 15 is 0 Å². The van der Waals surface area contributed by atoms with Gasteiger partial charge < -0.3 is 10.6 Å². The van der Waals surface area contributed by atoms with E-state index < -0.39 is 0 Å². The van der Waals surface area contributed by atoms with Gasteiger partial charge >= 0.3 is 0 Å². The van der Waals surface area contributed by atoms with Gasteiger partial charge in [0.1, 0.15) is 0 Å². The Labute approximate surface area is 280 Å². The van der Waals surface area contributed by atoms with Crippen LogP contribution in [0.1, 0.15) is 168 Å².